The molecule has 0 saturated heterocycles. The summed E-state index contributed by atoms with van der Waals surface area (Å²) in [6.07, 6.45) is 0. The molecule has 0 amide bonds. The zero-order valence-electron chi connectivity index (χ0n) is 10.2. The number of aryl methyl sites for hydroxylation is 2. The van der Waals surface area contributed by atoms with Crippen LogP contribution in [0.5, 0.6) is 5.75 Å². The van der Waals surface area contributed by atoms with Crippen LogP contribution in [0, 0.1) is 13.8 Å². The van der Waals surface area contributed by atoms with Gasteiger partial charge in [0.25, 0.3) is 0 Å². The summed E-state index contributed by atoms with van der Waals surface area (Å²) in [4.78, 5) is 11.9. The van der Waals surface area contributed by atoms with Gasteiger partial charge in [-0.3, -0.25) is 0 Å². The maximum atomic E-state index is 11.9. The molecule has 0 spiro atoms. The van der Waals surface area contributed by atoms with Gasteiger partial charge in [0.1, 0.15) is 5.75 Å². The highest BCUT2D eigenvalue weighted by atomic mass is 79.9. The first-order valence-corrected chi connectivity index (χ1v) is 6.40. The molecule has 0 atom stereocenters. The molecular formula is C15H13BrO2. The maximum absolute atomic E-state index is 11.9. The molecule has 2 aromatic carbocycles. The highest BCUT2D eigenvalue weighted by molar-refractivity contribution is 9.10. The van der Waals surface area contributed by atoms with Gasteiger partial charge in [-0.1, -0.05) is 22.0 Å². The lowest BCUT2D eigenvalue weighted by molar-refractivity contribution is 0.0734. The number of hydrogen-bond acceptors (Lipinski definition) is 2. The van der Waals surface area contributed by atoms with Gasteiger partial charge in [-0.25, -0.2) is 4.79 Å². The first-order valence-electron chi connectivity index (χ1n) is 5.60. The van der Waals surface area contributed by atoms with E-state index in [9.17, 15) is 4.79 Å². The lowest BCUT2D eigenvalue weighted by Gasteiger charge is -2.06. The third kappa shape index (κ3) is 3.20. The predicted octanol–water partition coefficient (Wildman–Crippen LogP) is 4.29. The fraction of sp³-hybridized carbons (Fsp3) is 0.133. The number of benzene rings is 2. The number of halogens is 1. The average Bonchev–Trinajstić information content (AvgIpc) is 2.28. The quantitative estimate of drug-likeness (QED) is 0.611. The Balaban J connectivity index is 2.18. The van der Waals surface area contributed by atoms with Gasteiger partial charge in [0.2, 0.25) is 0 Å². The monoisotopic (exact) mass is 304 g/mol. The van der Waals surface area contributed by atoms with E-state index < -0.39 is 0 Å². The molecule has 2 aromatic rings. The first kappa shape index (κ1) is 12.8. The van der Waals surface area contributed by atoms with Gasteiger partial charge in [0.15, 0.2) is 0 Å². The van der Waals surface area contributed by atoms with Gasteiger partial charge in [0, 0.05) is 4.47 Å². The molecule has 0 N–H and O–H groups in total. The molecular weight excluding hydrogens is 292 g/mol. The minimum Gasteiger partial charge on any atom is -0.423 e. The van der Waals surface area contributed by atoms with E-state index in [-0.39, 0.29) is 5.97 Å². The number of carbonyl (C=O) groups is 1. The van der Waals surface area contributed by atoms with E-state index >= 15 is 0 Å². The van der Waals surface area contributed by atoms with Crippen LogP contribution in [0.4, 0.5) is 0 Å². The lowest BCUT2D eigenvalue weighted by atomic mass is 10.1. The highest BCUT2D eigenvalue weighted by Crippen LogP contribution is 2.18. The summed E-state index contributed by atoms with van der Waals surface area (Å²) in [5.41, 5.74) is 2.69. The molecule has 18 heavy (non-hydrogen) atoms. The van der Waals surface area contributed by atoms with Crippen molar-refractivity contribution in [2.75, 3.05) is 0 Å². The molecule has 0 unspecified atom stereocenters. The second-order valence-electron chi connectivity index (χ2n) is 4.22. The van der Waals surface area contributed by atoms with Gasteiger partial charge in [0.05, 0.1) is 5.56 Å². The van der Waals surface area contributed by atoms with Crippen molar-refractivity contribution in [3.8, 4) is 5.75 Å². The third-order valence-corrected chi connectivity index (χ3v) is 3.01. The second kappa shape index (κ2) is 5.36. The van der Waals surface area contributed by atoms with E-state index in [1.165, 1.54) is 0 Å². The van der Waals surface area contributed by atoms with Crippen LogP contribution in [0.25, 0.3) is 0 Å². The van der Waals surface area contributed by atoms with Crippen LogP contribution < -0.4 is 4.74 Å². The fourth-order valence-corrected chi connectivity index (χ4v) is 2.01. The molecule has 0 aliphatic heterocycles. The zero-order valence-corrected chi connectivity index (χ0v) is 11.8. The van der Waals surface area contributed by atoms with Crippen molar-refractivity contribution in [3.63, 3.8) is 0 Å². The molecule has 0 aromatic heterocycles. The van der Waals surface area contributed by atoms with E-state index in [0.29, 0.717) is 11.3 Å². The standard InChI is InChI=1S/C15H13BrO2/c1-10-7-11(2)9-14(8-10)18-15(17)12-3-5-13(16)6-4-12/h3-9H,1-2H3. The predicted molar refractivity (Wildman–Crippen MR) is 75.0 cm³/mol. The molecule has 0 aliphatic carbocycles. The maximum Gasteiger partial charge on any atom is 0.343 e. The van der Waals surface area contributed by atoms with Crippen LogP contribution in [0.3, 0.4) is 0 Å². The van der Waals surface area contributed by atoms with Gasteiger partial charge in [-0.2, -0.15) is 0 Å². The Labute approximate surface area is 115 Å². The van der Waals surface area contributed by atoms with Crippen LogP contribution in [-0.4, -0.2) is 5.97 Å². The Hall–Kier alpha value is -1.61. The number of rotatable bonds is 2. The average molecular weight is 305 g/mol. The number of carbonyl (C=O) groups excluding carboxylic acids is 1. The molecule has 0 saturated carbocycles. The van der Waals surface area contributed by atoms with E-state index in [4.69, 9.17) is 4.74 Å². The van der Waals surface area contributed by atoms with Crippen LogP contribution in [0.15, 0.2) is 46.9 Å². The summed E-state index contributed by atoms with van der Waals surface area (Å²) in [6.45, 7) is 3.95. The molecule has 3 heteroatoms. The summed E-state index contributed by atoms with van der Waals surface area (Å²) in [5, 5.41) is 0. The third-order valence-electron chi connectivity index (χ3n) is 2.49. The summed E-state index contributed by atoms with van der Waals surface area (Å²) >= 11 is 3.33. The summed E-state index contributed by atoms with van der Waals surface area (Å²) < 4.78 is 6.28. The second-order valence-corrected chi connectivity index (χ2v) is 5.14. The molecule has 0 fully saturated rings. The topological polar surface area (TPSA) is 26.3 Å². The van der Waals surface area contributed by atoms with Crippen molar-refractivity contribution >= 4 is 21.9 Å². The number of hydrogen-bond donors (Lipinski definition) is 0. The minimum atomic E-state index is -0.340. The van der Waals surface area contributed by atoms with Crippen molar-refractivity contribution < 1.29 is 9.53 Å². The van der Waals surface area contributed by atoms with Gasteiger partial charge < -0.3 is 4.74 Å². The van der Waals surface area contributed by atoms with Crippen molar-refractivity contribution in [1.82, 2.24) is 0 Å². The van der Waals surface area contributed by atoms with Crippen molar-refractivity contribution in [1.29, 1.82) is 0 Å². The van der Waals surface area contributed by atoms with E-state index in [1.807, 2.05) is 44.2 Å². The van der Waals surface area contributed by atoms with E-state index in [1.54, 1.807) is 12.1 Å². The van der Waals surface area contributed by atoms with Crippen molar-refractivity contribution in [2.24, 2.45) is 0 Å². The molecule has 0 aliphatic rings. The van der Waals surface area contributed by atoms with Crippen molar-refractivity contribution in [3.05, 3.63) is 63.6 Å². The Morgan fingerprint density at radius 2 is 1.56 bits per heavy atom. The normalized spacial score (nSPS) is 10.2. The number of esters is 1. The lowest BCUT2D eigenvalue weighted by Crippen LogP contribution is -2.08. The van der Waals surface area contributed by atoms with Gasteiger partial charge in [-0.05, 0) is 61.4 Å². The smallest absolute Gasteiger partial charge is 0.343 e. The fourth-order valence-electron chi connectivity index (χ4n) is 1.74. The Morgan fingerprint density at radius 3 is 2.11 bits per heavy atom. The molecule has 92 valence electrons. The van der Waals surface area contributed by atoms with E-state index in [0.717, 1.165) is 15.6 Å². The van der Waals surface area contributed by atoms with Gasteiger partial charge in [-0.15, -0.1) is 0 Å². The first-order chi connectivity index (χ1) is 8.54. The molecule has 0 heterocycles. The summed E-state index contributed by atoms with van der Waals surface area (Å²) in [7, 11) is 0. The largest absolute Gasteiger partial charge is 0.423 e. The van der Waals surface area contributed by atoms with Crippen LogP contribution in [0.2, 0.25) is 0 Å². The molecule has 2 nitrogen and oxygen atoms in total. The van der Waals surface area contributed by atoms with Crippen molar-refractivity contribution in [2.45, 2.75) is 13.8 Å². The highest BCUT2D eigenvalue weighted by Gasteiger charge is 2.08. The van der Waals surface area contributed by atoms with Crippen LogP contribution >= 0.6 is 15.9 Å². The number of ether oxygens (including phenoxy) is 1. The Morgan fingerprint density at radius 1 is 1.00 bits per heavy atom. The Kier molecular flexibility index (Phi) is 3.82. The van der Waals surface area contributed by atoms with E-state index in [2.05, 4.69) is 15.9 Å². The molecule has 2 rings (SSSR count). The Bertz CT molecular complexity index is 553. The molecule has 0 radical (unpaired) electrons. The summed E-state index contributed by atoms with van der Waals surface area (Å²) in [5.74, 6) is 0.243. The van der Waals surface area contributed by atoms with Crippen LogP contribution in [-0.2, 0) is 0 Å². The minimum absolute atomic E-state index is 0.340. The summed E-state index contributed by atoms with van der Waals surface area (Å²) in [6, 6.07) is 12.8. The zero-order chi connectivity index (χ0) is 13.1. The molecule has 0 bridgehead atoms. The van der Waals surface area contributed by atoms with Gasteiger partial charge >= 0.3 is 5.97 Å². The van der Waals surface area contributed by atoms with Crippen LogP contribution in [0.1, 0.15) is 21.5 Å². The SMILES string of the molecule is Cc1cc(C)cc(OC(=O)c2ccc(Br)cc2)c1.